The predicted octanol–water partition coefficient (Wildman–Crippen LogP) is 3.13. The zero-order valence-corrected chi connectivity index (χ0v) is 12.2. The number of rotatable bonds is 4. The lowest BCUT2D eigenvalue weighted by Gasteiger charge is -2.11. The van der Waals surface area contributed by atoms with Crippen LogP contribution in [0.3, 0.4) is 0 Å². The van der Waals surface area contributed by atoms with Crippen molar-refractivity contribution in [3.05, 3.63) is 33.9 Å². The van der Waals surface area contributed by atoms with E-state index in [0.29, 0.717) is 5.82 Å². The summed E-state index contributed by atoms with van der Waals surface area (Å²) >= 11 is 3.49. The number of aromatic nitrogens is 3. The Morgan fingerprint density at radius 1 is 1.33 bits per heavy atom. The molecule has 1 heterocycles. The summed E-state index contributed by atoms with van der Waals surface area (Å²) < 4.78 is 2.94. The first kappa shape index (κ1) is 13.1. The zero-order chi connectivity index (χ0) is 13.1. The monoisotopic (exact) mass is 308 g/mol. The van der Waals surface area contributed by atoms with E-state index in [-0.39, 0.29) is 0 Å². The largest absolute Gasteiger partial charge is 0.381 e. The number of nitrogens with zero attached hydrogens (tertiary/aromatic N) is 3. The highest BCUT2D eigenvalue weighted by Crippen LogP contribution is 2.23. The maximum absolute atomic E-state index is 5.88. The first-order valence-electron chi connectivity index (χ1n) is 6.16. The molecule has 96 valence electrons. The summed E-state index contributed by atoms with van der Waals surface area (Å²) in [5, 5.41) is 8.16. The molecule has 0 aliphatic carbocycles. The molecule has 18 heavy (non-hydrogen) atoms. The summed E-state index contributed by atoms with van der Waals surface area (Å²) in [4.78, 5) is 0. The molecule has 0 bridgehead atoms. The summed E-state index contributed by atoms with van der Waals surface area (Å²) in [6.45, 7) is 4.25. The van der Waals surface area contributed by atoms with Gasteiger partial charge >= 0.3 is 0 Å². The Bertz CT molecular complexity index is 548. The van der Waals surface area contributed by atoms with Crippen molar-refractivity contribution in [3.63, 3.8) is 0 Å². The van der Waals surface area contributed by atoms with Crippen molar-refractivity contribution in [2.24, 2.45) is 0 Å². The van der Waals surface area contributed by atoms with E-state index in [0.717, 1.165) is 35.1 Å². The van der Waals surface area contributed by atoms with Crippen molar-refractivity contribution in [1.29, 1.82) is 0 Å². The molecule has 0 saturated heterocycles. The van der Waals surface area contributed by atoms with Gasteiger partial charge in [0.25, 0.3) is 0 Å². The second-order valence-corrected chi connectivity index (χ2v) is 5.13. The average Bonchev–Trinajstić information content (AvgIpc) is 2.72. The van der Waals surface area contributed by atoms with Gasteiger partial charge in [0.1, 0.15) is 0 Å². The van der Waals surface area contributed by atoms with E-state index in [9.17, 15) is 0 Å². The predicted molar refractivity (Wildman–Crippen MR) is 76.8 cm³/mol. The van der Waals surface area contributed by atoms with Gasteiger partial charge in [-0.3, -0.25) is 0 Å². The SMILES string of the molecule is CCCc1c(N)nnn1-c1ccc(Br)cc1CC. The first-order valence-corrected chi connectivity index (χ1v) is 6.95. The van der Waals surface area contributed by atoms with E-state index < -0.39 is 0 Å². The molecule has 0 radical (unpaired) electrons. The molecule has 0 unspecified atom stereocenters. The van der Waals surface area contributed by atoms with Gasteiger partial charge in [0, 0.05) is 4.47 Å². The van der Waals surface area contributed by atoms with Crippen LogP contribution in [-0.4, -0.2) is 15.0 Å². The molecule has 0 atom stereocenters. The molecule has 0 saturated carbocycles. The minimum absolute atomic E-state index is 0.529. The van der Waals surface area contributed by atoms with E-state index in [1.165, 1.54) is 5.56 Å². The average molecular weight is 309 g/mol. The number of benzene rings is 1. The number of halogens is 1. The molecule has 0 amide bonds. The smallest absolute Gasteiger partial charge is 0.169 e. The third-order valence-corrected chi connectivity index (χ3v) is 3.42. The lowest BCUT2D eigenvalue weighted by molar-refractivity contribution is 0.739. The molecule has 1 aromatic heterocycles. The van der Waals surface area contributed by atoms with Gasteiger partial charge in [0.05, 0.1) is 11.4 Å². The van der Waals surface area contributed by atoms with E-state index in [4.69, 9.17) is 5.73 Å². The minimum atomic E-state index is 0.529. The lowest BCUT2D eigenvalue weighted by Crippen LogP contribution is -2.06. The molecule has 2 N–H and O–H groups in total. The molecule has 2 rings (SSSR count). The van der Waals surface area contributed by atoms with Crippen molar-refractivity contribution >= 4 is 21.7 Å². The van der Waals surface area contributed by atoms with Gasteiger partial charge in [0.15, 0.2) is 5.82 Å². The Balaban J connectivity index is 2.54. The summed E-state index contributed by atoms with van der Waals surface area (Å²) in [6, 6.07) is 6.18. The van der Waals surface area contributed by atoms with Crippen LogP contribution in [0.15, 0.2) is 22.7 Å². The Morgan fingerprint density at radius 3 is 2.78 bits per heavy atom. The summed E-state index contributed by atoms with van der Waals surface area (Å²) in [5.41, 5.74) is 9.17. The number of aryl methyl sites for hydroxylation is 1. The van der Waals surface area contributed by atoms with Crippen molar-refractivity contribution < 1.29 is 0 Å². The highest BCUT2D eigenvalue weighted by Gasteiger charge is 2.13. The fourth-order valence-electron chi connectivity index (χ4n) is 2.02. The van der Waals surface area contributed by atoms with Gasteiger partial charge < -0.3 is 5.73 Å². The molecule has 1 aromatic carbocycles. The maximum Gasteiger partial charge on any atom is 0.169 e. The zero-order valence-electron chi connectivity index (χ0n) is 10.7. The van der Waals surface area contributed by atoms with Gasteiger partial charge in [-0.05, 0) is 36.6 Å². The number of anilines is 1. The van der Waals surface area contributed by atoms with Crippen LogP contribution in [0.4, 0.5) is 5.82 Å². The fourth-order valence-corrected chi connectivity index (χ4v) is 2.43. The van der Waals surface area contributed by atoms with Crippen LogP contribution < -0.4 is 5.73 Å². The topological polar surface area (TPSA) is 56.7 Å². The van der Waals surface area contributed by atoms with Crippen molar-refractivity contribution in [2.45, 2.75) is 33.1 Å². The summed E-state index contributed by atoms with van der Waals surface area (Å²) in [5.74, 6) is 0.529. The van der Waals surface area contributed by atoms with Crippen LogP contribution in [0.1, 0.15) is 31.5 Å². The van der Waals surface area contributed by atoms with Crippen LogP contribution in [0.2, 0.25) is 0 Å². The van der Waals surface area contributed by atoms with E-state index in [1.54, 1.807) is 0 Å². The number of nitrogen functional groups attached to an aromatic ring is 1. The van der Waals surface area contributed by atoms with Gasteiger partial charge in [0.2, 0.25) is 0 Å². The maximum atomic E-state index is 5.88. The van der Waals surface area contributed by atoms with Crippen molar-refractivity contribution in [2.75, 3.05) is 5.73 Å². The third kappa shape index (κ3) is 2.41. The van der Waals surface area contributed by atoms with Gasteiger partial charge in [-0.15, -0.1) is 5.10 Å². The second-order valence-electron chi connectivity index (χ2n) is 4.21. The molecular weight excluding hydrogens is 292 g/mol. The van der Waals surface area contributed by atoms with Gasteiger partial charge in [-0.1, -0.05) is 41.4 Å². The Morgan fingerprint density at radius 2 is 2.11 bits per heavy atom. The van der Waals surface area contributed by atoms with Crippen molar-refractivity contribution in [1.82, 2.24) is 15.0 Å². The first-order chi connectivity index (χ1) is 8.67. The molecule has 5 heteroatoms. The second kappa shape index (κ2) is 5.52. The van der Waals surface area contributed by atoms with E-state index >= 15 is 0 Å². The Hall–Kier alpha value is -1.36. The van der Waals surface area contributed by atoms with Gasteiger partial charge in [-0.2, -0.15) is 0 Å². The molecule has 0 aliphatic heterocycles. The quantitative estimate of drug-likeness (QED) is 0.944. The fraction of sp³-hybridized carbons (Fsp3) is 0.385. The third-order valence-electron chi connectivity index (χ3n) is 2.93. The number of hydrogen-bond acceptors (Lipinski definition) is 3. The van der Waals surface area contributed by atoms with E-state index in [2.05, 4.69) is 52.2 Å². The number of nitrogens with two attached hydrogens (primary N) is 1. The van der Waals surface area contributed by atoms with Crippen LogP contribution in [-0.2, 0) is 12.8 Å². The molecule has 2 aromatic rings. The van der Waals surface area contributed by atoms with Crippen LogP contribution in [0.25, 0.3) is 5.69 Å². The van der Waals surface area contributed by atoms with Crippen LogP contribution in [0.5, 0.6) is 0 Å². The summed E-state index contributed by atoms with van der Waals surface area (Å²) in [7, 11) is 0. The molecule has 4 nitrogen and oxygen atoms in total. The van der Waals surface area contributed by atoms with Gasteiger partial charge in [-0.25, -0.2) is 4.68 Å². The normalized spacial score (nSPS) is 10.8. The van der Waals surface area contributed by atoms with Crippen LogP contribution >= 0.6 is 15.9 Å². The minimum Gasteiger partial charge on any atom is -0.381 e. The summed E-state index contributed by atoms with van der Waals surface area (Å²) in [6.07, 6.45) is 2.85. The lowest BCUT2D eigenvalue weighted by atomic mass is 10.1. The highest BCUT2D eigenvalue weighted by atomic mass is 79.9. The van der Waals surface area contributed by atoms with Crippen LogP contribution in [0, 0.1) is 0 Å². The molecule has 0 aliphatic rings. The Kier molecular flexibility index (Phi) is 4.01. The molecule has 0 spiro atoms. The Labute approximate surface area is 115 Å². The standard InChI is InChI=1S/C13H17BrN4/c1-3-5-12-13(15)16-17-18(12)11-7-6-10(14)8-9(11)4-2/h6-8H,3-5,15H2,1-2H3. The highest BCUT2D eigenvalue weighted by molar-refractivity contribution is 9.10. The van der Waals surface area contributed by atoms with E-state index in [1.807, 2.05) is 10.7 Å². The molecule has 0 fully saturated rings. The number of hydrogen-bond donors (Lipinski definition) is 1. The van der Waals surface area contributed by atoms with Crippen molar-refractivity contribution in [3.8, 4) is 5.69 Å². The molecular formula is C13H17BrN4.